The van der Waals surface area contributed by atoms with Crippen molar-refractivity contribution >= 4 is 11.8 Å². The highest BCUT2D eigenvalue weighted by molar-refractivity contribution is 5.89. The molecule has 0 aromatic carbocycles. The fourth-order valence-electron chi connectivity index (χ4n) is 3.95. The summed E-state index contributed by atoms with van der Waals surface area (Å²) in [4.78, 5) is 30.2. The highest BCUT2D eigenvalue weighted by atomic mass is 16.2. The predicted octanol–water partition coefficient (Wildman–Crippen LogP) is 3.86. The molecule has 1 aliphatic rings. The number of carbonyl (C=O) groups is 2. The van der Waals surface area contributed by atoms with E-state index in [0.717, 1.165) is 0 Å². The third-order valence-electron chi connectivity index (χ3n) is 4.80. The van der Waals surface area contributed by atoms with E-state index in [1.54, 1.807) is 0 Å². The van der Waals surface area contributed by atoms with Crippen LogP contribution in [-0.4, -0.2) is 45.8 Å². The van der Waals surface area contributed by atoms with Gasteiger partial charge in [0.1, 0.15) is 0 Å². The van der Waals surface area contributed by atoms with Gasteiger partial charge in [-0.25, -0.2) is 0 Å². The van der Waals surface area contributed by atoms with Crippen LogP contribution in [0.3, 0.4) is 0 Å². The average Bonchev–Trinajstić information content (AvgIpc) is 2.45. The summed E-state index contributed by atoms with van der Waals surface area (Å²) >= 11 is 0. The summed E-state index contributed by atoms with van der Waals surface area (Å²) in [5, 5.41) is 0. The Labute approximate surface area is 148 Å². The molecule has 138 valence electrons. The lowest BCUT2D eigenvalue weighted by atomic mass is 9.80. The fraction of sp³-hybridized carbons (Fsp3) is 0.800. The molecule has 0 saturated heterocycles. The van der Waals surface area contributed by atoms with Gasteiger partial charge in [-0.05, 0) is 68.2 Å². The molecule has 0 radical (unpaired) electrons. The number of allylic oxidation sites excluding steroid dienone is 2. The largest absolute Gasteiger partial charge is 0.338 e. The van der Waals surface area contributed by atoms with Crippen molar-refractivity contribution < 1.29 is 9.59 Å². The van der Waals surface area contributed by atoms with Gasteiger partial charge in [0.15, 0.2) is 0 Å². The van der Waals surface area contributed by atoms with E-state index in [4.69, 9.17) is 0 Å². The Morgan fingerprint density at radius 1 is 0.667 bits per heavy atom. The van der Waals surface area contributed by atoms with Gasteiger partial charge in [0, 0.05) is 24.2 Å². The van der Waals surface area contributed by atoms with Crippen LogP contribution in [0.1, 0.15) is 68.2 Å². The molecule has 0 aromatic heterocycles. The molecule has 2 amide bonds. The Morgan fingerprint density at radius 3 is 1.12 bits per heavy atom. The van der Waals surface area contributed by atoms with Gasteiger partial charge in [-0.1, -0.05) is 12.2 Å². The van der Waals surface area contributed by atoms with Gasteiger partial charge < -0.3 is 9.80 Å². The molecule has 0 aliphatic heterocycles. The van der Waals surface area contributed by atoms with Crippen LogP contribution in [0.5, 0.6) is 0 Å². The summed E-state index contributed by atoms with van der Waals surface area (Å²) in [5.41, 5.74) is 0. The quantitative estimate of drug-likeness (QED) is 0.691. The molecule has 0 unspecified atom stereocenters. The van der Waals surface area contributed by atoms with Crippen LogP contribution in [0, 0.1) is 11.8 Å². The molecule has 4 nitrogen and oxygen atoms in total. The molecule has 1 rings (SSSR count). The average molecular weight is 337 g/mol. The van der Waals surface area contributed by atoms with Crippen LogP contribution in [-0.2, 0) is 9.59 Å². The fourth-order valence-corrected chi connectivity index (χ4v) is 3.95. The SMILES string of the molecule is CC(C)N(C(=O)[C@@H]1CC=CC[C@H]1C(=O)N(C(C)C)C(C)C)C(C)C. The van der Waals surface area contributed by atoms with Gasteiger partial charge in [-0.15, -0.1) is 0 Å². The molecule has 1 aliphatic carbocycles. The maximum Gasteiger partial charge on any atom is 0.227 e. The van der Waals surface area contributed by atoms with E-state index in [1.165, 1.54) is 0 Å². The van der Waals surface area contributed by atoms with Gasteiger partial charge in [0.2, 0.25) is 11.8 Å². The summed E-state index contributed by atoms with van der Waals surface area (Å²) in [6.45, 7) is 16.3. The van der Waals surface area contributed by atoms with Crippen LogP contribution >= 0.6 is 0 Å². The van der Waals surface area contributed by atoms with Crippen molar-refractivity contribution in [2.75, 3.05) is 0 Å². The summed E-state index contributed by atoms with van der Waals surface area (Å²) in [6.07, 6.45) is 5.44. The molecule has 0 N–H and O–H groups in total. The molecule has 0 fully saturated rings. The normalized spacial score (nSPS) is 21.0. The minimum Gasteiger partial charge on any atom is -0.338 e. The van der Waals surface area contributed by atoms with Crippen LogP contribution in [0.15, 0.2) is 12.2 Å². The van der Waals surface area contributed by atoms with E-state index >= 15 is 0 Å². The second kappa shape index (κ2) is 8.68. The molecule has 24 heavy (non-hydrogen) atoms. The van der Waals surface area contributed by atoms with Crippen molar-refractivity contribution in [2.24, 2.45) is 11.8 Å². The molecule has 4 heteroatoms. The number of carbonyl (C=O) groups excluding carboxylic acids is 2. The van der Waals surface area contributed by atoms with Crippen LogP contribution in [0.4, 0.5) is 0 Å². The van der Waals surface area contributed by atoms with E-state index in [2.05, 4.69) is 12.2 Å². The maximum absolute atomic E-state index is 13.2. The number of hydrogen-bond donors (Lipinski definition) is 0. The number of rotatable bonds is 6. The summed E-state index contributed by atoms with van der Waals surface area (Å²) in [7, 11) is 0. The Morgan fingerprint density at radius 2 is 0.917 bits per heavy atom. The summed E-state index contributed by atoms with van der Waals surface area (Å²) in [5.74, 6) is -0.245. The van der Waals surface area contributed by atoms with Gasteiger partial charge in [0.25, 0.3) is 0 Å². The maximum atomic E-state index is 13.2. The van der Waals surface area contributed by atoms with Crippen molar-refractivity contribution in [3.05, 3.63) is 12.2 Å². The zero-order valence-corrected chi connectivity index (χ0v) is 16.7. The lowest BCUT2D eigenvalue weighted by Crippen LogP contribution is -2.52. The smallest absolute Gasteiger partial charge is 0.227 e. The highest BCUT2D eigenvalue weighted by Crippen LogP contribution is 2.31. The van der Waals surface area contributed by atoms with Crippen molar-refractivity contribution in [3.63, 3.8) is 0 Å². The van der Waals surface area contributed by atoms with Crippen molar-refractivity contribution in [3.8, 4) is 0 Å². The molecule has 0 bridgehead atoms. The first-order chi connectivity index (χ1) is 11.1. The first-order valence-electron chi connectivity index (χ1n) is 9.38. The van der Waals surface area contributed by atoms with Gasteiger partial charge in [-0.2, -0.15) is 0 Å². The van der Waals surface area contributed by atoms with E-state index in [-0.39, 0.29) is 47.8 Å². The van der Waals surface area contributed by atoms with Crippen LogP contribution < -0.4 is 0 Å². The highest BCUT2D eigenvalue weighted by Gasteiger charge is 2.40. The van der Waals surface area contributed by atoms with Crippen molar-refractivity contribution in [1.82, 2.24) is 9.80 Å². The van der Waals surface area contributed by atoms with Crippen molar-refractivity contribution in [1.29, 1.82) is 0 Å². The molecule has 2 atom stereocenters. The molecule has 0 heterocycles. The Hall–Kier alpha value is -1.32. The van der Waals surface area contributed by atoms with E-state index < -0.39 is 0 Å². The Bertz CT molecular complexity index is 408. The molecular weight excluding hydrogens is 300 g/mol. The summed E-state index contributed by atoms with van der Waals surface area (Å²) < 4.78 is 0. The topological polar surface area (TPSA) is 40.6 Å². The first kappa shape index (κ1) is 20.7. The molecule has 0 spiro atoms. The zero-order chi connectivity index (χ0) is 18.6. The molecular formula is C20H36N2O2. The van der Waals surface area contributed by atoms with Gasteiger partial charge in [-0.3, -0.25) is 9.59 Å². The number of hydrogen-bond acceptors (Lipinski definition) is 2. The monoisotopic (exact) mass is 336 g/mol. The summed E-state index contributed by atoms with van der Waals surface area (Å²) in [6, 6.07) is 0.576. The number of nitrogens with zero attached hydrogens (tertiary/aromatic N) is 2. The predicted molar refractivity (Wildman–Crippen MR) is 99.6 cm³/mol. The minimum absolute atomic E-state index is 0.121. The van der Waals surface area contributed by atoms with Gasteiger partial charge in [0.05, 0.1) is 11.8 Å². The third-order valence-corrected chi connectivity index (χ3v) is 4.80. The lowest BCUT2D eigenvalue weighted by molar-refractivity contribution is -0.150. The molecule has 0 aromatic rings. The molecule has 0 saturated carbocycles. The second-order valence-corrected chi connectivity index (χ2v) is 8.02. The zero-order valence-electron chi connectivity index (χ0n) is 16.7. The van der Waals surface area contributed by atoms with E-state index in [1.807, 2.05) is 65.2 Å². The lowest BCUT2D eigenvalue weighted by Gasteiger charge is -2.40. The minimum atomic E-state index is -0.243. The van der Waals surface area contributed by atoms with E-state index in [9.17, 15) is 9.59 Å². The third kappa shape index (κ3) is 4.61. The second-order valence-electron chi connectivity index (χ2n) is 8.02. The Kier molecular flexibility index (Phi) is 7.50. The standard InChI is InChI=1S/C20H36N2O2/c1-13(2)21(14(3)4)19(23)17-11-9-10-12-18(17)20(24)22(15(5)6)16(7)8/h9-10,13-18H,11-12H2,1-8H3/t17-,18-/m1/s1. The Balaban J connectivity index is 3.10. The van der Waals surface area contributed by atoms with E-state index in [0.29, 0.717) is 12.8 Å². The number of amides is 2. The van der Waals surface area contributed by atoms with Gasteiger partial charge >= 0.3 is 0 Å². The van der Waals surface area contributed by atoms with Crippen LogP contribution in [0.2, 0.25) is 0 Å². The van der Waals surface area contributed by atoms with Crippen molar-refractivity contribution in [2.45, 2.75) is 92.4 Å². The first-order valence-corrected chi connectivity index (χ1v) is 9.38. The van der Waals surface area contributed by atoms with Crippen LogP contribution in [0.25, 0.3) is 0 Å².